The lowest BCUT2D eigenvalue weighted by atomic mass is 9.90. The molecule has 3 atom stereocenters. The van der Waals surface area contributed by atoms with E-state index >= 15 is 0 Å². The number of para-hydroxylation sites is 1. The van der Waals surface area contributed by atoms with Gasteiger partial charge in [-0.05, 0) is 66.1 Å². The Kier molecular flexibility index (Phi) is 6.67. The first-order valence-corrected chi connectivity index (χ1v) is 13.4. The molecule has 0 radical (unpaired) electrons. The van der Waals surface area contributed by atoms with Crippen LogP contribution < -0.4 is 19.4 Å². The van der Waals surface area contributed by atoms with Crippen LogP contribution in [-0.2, 0) is 14.4 Å². The molecule has 0 saturated carbocycles. The number of fused-ring (bicyclic) bond motifs is 2. The molecule has 4 aromatic rings. The molecule has 3 unspecified atom stereocenters. The summed E-state index contributed by atoms with van der Waals surface area (Å²) in [4.78, 5) is 35.4. The standard InChI is InChI=1S/C32H30N2O5/c1-3-18-38-26-17-15-23(20-27(26)37-4-2)29-28-30(39-34(29)24-12-6-5-7-13-24)32(36)33(31(28)35)25-16-14-21-10-8-9-11-22(21)19-25/h5-17,19-20,28-30H,3-4,18H2,1-2H3. The normalized spacial score (nSPS) is 20.5. The maximum absolute atomic E-state index is 14.1. The van der Waals surface area contributed by atoms with E-state index in [1.165, 1.54) is 4.90 Å². The molecule has 2 amide bonds. The van der Waals surface area contributed by atoms with Crippen molar-refractivity contribution in [1.82, 2.24) is 0 Å². The van der Waals surface area contributed by atoms with E-state index in [-0.39, 0.29) is 11.8 Å². The van der Waals surface area contributed by atoms with Crippen molar-refractivity contribution in [3.63, 3.8) is 0 Å². The average Bonchev–Trinajstić information content (AvgIpc) is 3.48. The van der Waals surface area contributed by atoms with Gasteiger partial charge < -0.3 is 9.47 Å². The predicted octanol–water partition coefficient (Wildman–Crippen LogP) is 6.08. The Labute approximate surface area is 227 Å². The highest BCUT2D eigenvalue weighted by Gasteiger charge is 2.60. The summed E-state index contributed by atoms with van der Waals surface area (Å²) < 4.78 is 11.8. The SMILES string of the molecule is CCCOc1ccc(C2C3C(=O)N(c4ccc5ccccc5c4)C(=O)C3ON2c2ccccc2)cc1OCC. The molecule has 6 rings (SSSR count). The lowest BCUT2D eigenvalue weighted by molar-refractivity contribution is -0.126. The number of amides is 2. The molecule has 2 aliphatic rings. The summed E-state index contributed by atoms with van der Waals surface area (Å²) >= 11 is 0. The van der Waals surface area contributed by atoms with E-state index in [0.717, 1.165) is 28.4 Å². The summed E-state index contributed by atoms with van der Waals surface area (Å²) in [6.45, 7) is 5.00. The van der Waals surface area contributed by atoms with Crippen molar-refractivity contribution in [1.29, 1.82) is 0 Å². The van der Waals surface area contributed by atoms with Gasteiger partial charge in [0.1, 0.15) is 5.92 Å². The third-order valence-electron chi connectivity index (χ3n) is 7.19. The maximum atomic E-state index is 14.1. The zero-order chi connectivity index (χ0) is 26.9. The second-order valence-corrected chi connectivity index (χ2v) is 9.69. The Morgan fingerprint density at radius 3 is 2.28 bits per heavy atom. The van der Waals surface area contributed by atoms with Gasteiger partial charge in [0, 0.05) is 0 Å². The van der Waals surface area contributed by atoms with Crippen LogP contribution in [0.2, 0.25) is 0 Å². The zero-order valence-corrected chi connectivity index (χ0v) is 21.9. The van der Waals surface area contributed by atoms with Gasteiger partial charge in [0.25, 0.3) is 5.91 Å². The molecular formula is C32H30N2O5. The number of hydrogen-bond acceptors (Lipinski definition) is 6. The quantitative estimate of drug-likeness (QED) is 0.261. The number of hydrogen-bond donors (Lipinski definition) is 0. The number of anilines is 2. The molecule has 7 nitrogen and oxygen atoms in total. The highest BCUT2D eigenvalue weighted by Crippen LogP contribution is 2.49. The van der Waals surface area contributed by atoms with Gasteiger partial charge in [-0.1, -0.05) is 61.5 Å². The summed E-state index contributed by atoms with van der Waals surface area (Å²) in [5, 5.41) is 3.69. The summed E-state index contributed by atoms with van der Waals surface area (Å²) in [6.07, 6.45) is -0.0722. The molecule has 0 N–H and O–H groups in total. The number of benzene rings is 4. The van der Waals surface area contributed by atoms with Crippen molar-refractivity contribution in [2.75, 3.05) is 23.2 Å². The molecular weight excluding hydrogens is 492 g/mol. The minimum absolute atomic E-state index is 0.284. The van der Waals surface area contributed by atoms with Crippen LogP contribution in [0.1, 0.15) is 31.9 Å². The van der Waals surface area contributed by atoms with Gasteiger partial charge in [0.05, 0.1) is 30.6 Å². The van der Waals surface area contributed by atoms with Crippen molar-refractivity contribution in [2.24, 2.45) is 5.92 Å². The van der Waals surface area contributed by atoms with Crippen molar-refractivity contribution < 1.29 is 23.9 Å². The van der Waals surface area contributed by atoms with Crippen LogP contribution >= 0.6 is 0 Å². The number of hydroxylamine groups is 1. The fraction of sp³-hybridized carbons (Fsp3) is 0.250. The van der Waals surface area contributed by atoms with Crippen LogP contribution in [0, 0.1) is 5.92 Å². The Balaban J connectivity index is 1.42. The molecule has 0 spiro atoms. The largest absolute Gasteiger partial charge is 0.490 e. The lowest BCUT2D eigenvalue weighted by Gasteiger charge is -2.29. The van der Waals surface area contributed by atoms with E-state index < -0.39 is 18.1 Å². The minimum atomic E-state index is -0.944. The van der Waals surface area contributed by atoms with E-state index in [1.54, 1.807) is 5.06 Å². The van der Waals surface area contributed by atoms with E-state index in [1.807, 2.05) is 105 Å². The van der Waals surface area contributed by atoms with Crippen LogP contribution in [0.25, 0.3) is 10.8 Å². The minimum Gasteiger partial charge on any atom is -0.490 e. The number of carbonyl (C=O) groups is 2. The smallest absolute Gasteiger partial charge is 0.266 e. The molecule has 2 heterocycles. The van der Waals surface area contributed by atoms with E-state index in [0.29, 0.717) is 30.4 Å². The number of nitrogens with zero attached hydrogens (tertiary/aromatic N) is 2. The molecule has 4 aromatic carbocycles. The highest BCUT2D eigenvalue weighted by molar-refractivity contribution is 6.24. The molecule has 2 fully saturated rings. The van der Waals surface area contributed by atoms with Gasteiger partial charge in [-0.15, -0.1) is 0 Å². The van der Waals surface area contributed by atoms with Crippen molar-refractivity contribution >= 4 is 34.0 Å². The first-order valence-electron chi connectivity index (χ1n) is 13.4. The lowest BCUT2D eigenvalue weighted by Crippen LogP contribution is -2.37. The van der Waals surface area contributed by atoms with E-state index in [4.69, 9.17) is 14.3 Å². The predicted molar refractivity (Wildman–Crippen MR) is 150 cm³/mol. The monoisotopic (exact) mass is 522 g/mol. The number of rotatable bonds is 8. The molecule has 2 saturated heterocycles. The first kappa shape index (κ1) is 24.9. The summed E-state index contributed by atoms with van der Waals surface area (Å²) in [6, 6.07) is 28.2. The van der Waals surface area contributed by atoms with Crippen LogP contribution in [-0.4, -0.2) is 31.1 Å². The number of imide groups is 1. The van der Waals surface area contributed by atoms with E-state index in [2.05, 4.69) is 0 Å². The topological polar surface area (TPSA) is 68.3 Å². The Hall–Kier alpha value is -4.36. The molecule has 39 heavy (non-hydrogen) atoms. The highest BCUT2D eigenvalue weighted by atomic mass is 16.7. The molecule has 2 aliphatic heterocycles. The Bertz CT molecular complexity index is 1520. The number of ether oxygens (including phenoxy) is 2. The average molecular weight is 523 g/mol. The third-order valence-corrected chi connectivity index (χ3v) is 7.19. The first-order chi connectivity index (χ1) is 19.1. The van der Waals surface area contributed by atoms with Gasteiger partial charge in [0.2, 0.25) is 5.91 Å². The second-order valence-electron chi connectivity index (χ2n) is 9.69. The van der Waals surface area contributed by atoms with Crippen molar-refractivity contribution in [3.8, 4) is 11.5 Å². The fourth-order valence-electron chi connectivity index (χ4n) is 5.43. The summed E-state index contributed by atoms with van der Waals surface area (Å²) in [5.74, 6) is -0.135. The third kappa shape index (κ3) is 4.38. The molecule has 0 aromatic heterocycles. The molecule has 7 heteroatoms. The van der Waals surface area contributed by atoms with Crippen LogP contribution in [0.4, 0.5) is 11.4 Å². The van der Waals surface area contributed by atoms with E-state index in [9.17, 15) is 9.59 Å². The molecule has 0 aliphatic carbocycles. The number of carbonyl (C=O) groups excluding carboxylic acids is 2. The molecule has 0 bridgehead atoms. The Morgan fingerprint density at radius 2 is 1.51 bits per heavy atom. The van der Waals surface area contributed by atoms with Gasteiger partial charge in [-0.2, -0.15) is 0 Å². The zero-order valence-electron chi connectivity index (χ0n) is 21.9. The van der Waals surface area contributed by atoms with Gasteiger partial charge in [-0.3, -0.25) is 14.4 Å². The van der Waals surface area contributed by atoms with Crippen LogP contribution in [0.5, 0.6) is 11.5 Å². The second kappa shape index (κ2) is 10.4. The van der Waals surface area contributed by atoms with Crippen LogP contribution in [0.15, 0.2) is 91.0 Å². The summed E-state index contributed by atoms with van der Waals surface area (Å²) in [5.41, 5.74) is 2.12. The van der Waals surface area contributed by atoms with Gasteiger partial charge in [0.15, 0.2) is 17.6 Å². The van der Waals surface area contributed by atoms with Crippen LogP contribution in [0.3, 0.4) is 0 Å². The summed E-state index contributed by atoms with van der Waals surface area (Å²) in [7, 11) is 0. The van der Waals surface area contributed by atoms with Crippen molar-refractivity contribution in [3.05, 3.63) is 96.6 Å². The molecule has 198 valence electrons. The maximum Gasteiger partial charge on any atom is 0.266 e. The fourth-order valence-corrected chi connectivity index (χ4v) is 5.43. The van der Waals surface area contributed by atoms with Gasteiger partial charge >= 0.3 is 0 Å². The van der Waals surface area contributed by atoms with Gasteiger partial charge in [-0.25, -0.2) is 9.96 Å². The van der Waals surface area contributed by atoms with Crippen molar-refractivity contribution in [2.45, 2.75) is 32.4 Å². The Morgan fingerprint density at radius 1 is 0.744 bits per heavy atom.